The highest BCUT2D eigenvalue weighted by Gasteiger charge is 2.29. The van der Waals surface area contributed by atoms with Gasteiger partial charge in [-0.25, -0.2) is 4.98 Å². The van der Waals surface area contributed by atoms with Crippen LogP contribution in [0.1, 0.15) is 37.1 Å². The number of nitrogens with zero attached hydrogens (tertiary/aromatic N) is 2. The van der Waals surface area contributed by atoms with Crippen LogP contribution in [0.4, 0.5) is 0 Å². The fourth-order valence-corrected chi connectivity index (χ4v) is 2.92. The van der Waals surface area contributed by atoms with Crippen molar-refractivity contribution >= 4 is 17.1 Å². The van der Waals surface area contributed by atoms with Crippen LogP contribution in [0, 0.1) is 6.92 Å². The van der Waals surface area contributed by atoms with Crippen LogP contribution in [-0.2, 0) is 4.79 Å². The number of aryl methyl sites for hydroxylation is 1. The minimum Gasteiger partial charge on any atom is -0.480 e. The molecule has 0 amide bonds. The number of aromatic nitrogens is 1. The van der Waals surface area contributed by atoms with E-state index in [1.54, 1.807) is 6.92 Å². The zero-order chi connectivity index (χ0) is 15.0. The minimum atomic E-state index is -0.759. The second-order valence-electron chi connectivity index (χ2n) is 5.85. The zero-order valence-corrected chi connectivity index (χ0v) is 12.4. The summed E-state index contributed by atoms with van der Waals surface area (Å²) >= 11 is 0. The van der Waals surface area contributed by atoms with E-state index in [1.807, 2.05) is 30.0 Å². The summed E-state index contributed by atoms with van der Waals surface area (Å²) in [5, 5.41) is 9.07. The van der Waals surface area contributed by atoms with Crippen LogP contribution in [-0.4, -0.2) is 40.1 Å². The van der Waals surface area contributed by atoms with E-state index in [2.05, 4.69) is 4.98 Å². The standard InChI is InChI=1S/C16H20N2O3/c1-10-3-4-14-13(9-10)17-15(21-14)12-5-7-18(8-6-12)11(2)16(19)20/h3-4,9,11-12H,5-8H2,1-2H3,(H,19,20). The van der Waals surface area contributed by atoms with Crippen LogP contribution in [0.3, 0.4) is 0 Å². The number of piperidine rings is 1. The number of rotatable bonds is 3. The smallest absolute Gasteiger partial charge is 0.320 e. The monoisotopic (exact) mass is 288 g/mol. The van der Waals surface area contributed by atoms with E-state index >= 15 is 0 Å². The van der Waals surface area contributed by atoms with Gasteiger partial charge in [-0.15, -0.1) is 0 Å². The molecule has 1 aliphatic heterocycles. The Morgan fingerprint density at radius 3 is 2.81 bits per heavy atom. The van der Waals surface area contributed by atoms with Gasteiger partial charge in [-0.1, -0.05) is 6.07 Å². The van der Waals surface area contributed by atoms with Gasteiger partial charge >= 0.3 is 5.97 Å². The number of hydrogen-bond donors (Lipinski definition) is 1. The Hall–Kier alpha value is -1.88. The second kappa shape index (κ2) is 5.48. The van der Waals surface area contributed by atoms with Crippen molar-refractivity contribution in [3.8, 4) is 0 Å². The normalized spacial score (nSPS) is 19.0. The average molecular weight is 288 g/mol. The van der Waals surface area contributed by atoms with Gasteiger partial charge in [0.05, 0.1) is 0 Å². The third-order valence-electron chi connectivity index (χ3n) is 4.34. The zero-order valence-electron chi connectivity index (χ0n) is 12.4. The molecule has 1 aromatic carbocycles. The molecule has 1 saturated heterocycles. The van der Waals surface area contributed by atoms with Gasteiger partial charge in [-0.05, 0) is 57.5 Å². The van der Waals surface area contributed by atoms with E-state index in [9.17, 15) is 4.79 Å². The first kappa shape index (κ1) is 14.1. The first-order valence-corrected chi connectivity index (χ1v) is 7.38. The number of carboxylic acid groups (broad SMARTS) is 1. The van der Waals surface area contributed by atoms with Crippen molar-refractivity contribution in [2.24, 2.45) is 0 Å². The van der Waals surface area contributed by atoms with Gasteiger partial charge < -0.3 is 9.52 Å². The van der Waals surface area contributed by atoms with Gasteiger partial charge in [0.2, 0.25) is 0 Å². The summed E-state index contributed by atoms with van der Waals surface area (Å²) < 4.78 is 5.86. The number of carbonyl (C=O) groups is 1. The number of carboxylic acids is 1. The molecule has 1 aliphatic rings. The molecular formula is C16H20N2O3. The van der Waals surface area contributed by atoms with Gasteiger partial charge in [-0.3, -0.25) is 9.69 Å². The molecule has 0 bridgehead atoms. The topological polar surface area (TPSA) is 66.6 Å². The highest BCUT2D eigenvalue weighted by atomic mass is 16.4. The molecule has 1 aromatic heterocycles. The molecule has 21 heavy (non-hydrogen) atoms. The van der Waals surface area contributed by atoms with Crippen LogP contribution < -0.4 is 0 Å². The summed E-state index contributed by atoms with van der Waals surface area (Å²) in [6.45, 7) is 5.33. The fraction of sp³-hybridized carbons (Fsp3) is 0.500. The Morgan fingerprint density at radius 2 is 2.14 bits per heavy atom. The van der Waals surface area contributed by atoms with Crippen LogP contribution >= 0.6 is 0 Å². The van der Waals surface area contributed by atoms with Crippen molar-refractivity contribution in [1.82, 2.24) is 9.88 Å². The predicted molar refractivity (Wildman–Crippen MR) is 79.4 cm³/mol. The van der Waals surface area contributed by atoms with E-state index in [4.69, 9.17) is 9.52 Å². The maximum Gasteiger partial charge on any atom is 0.320 e. The SMILES string of the molecule is Cc1ccc2oc(C3CCN(C(C)C(=O)O)CC3)nc2c1. The van der Waals surface area contributed by atoms with Crippen molar-refractivity contribution < 1.29 is 14.3 Å². The molecule has 1 fully saturated rings. The van der Waals surface area contributed by atoms with E-state index in [0.717, 1.165) is 42.9 Å². The first-order chi connectivity index (χ1) is 10.0. The third-order valence-corrected chi connectivity index (χ3v) is 4.34. The van der Waals surface area contributed by atoms with E-state index in [0.29, 0.717) is 0 Å². The van der Waals surface area contributed by atoms with E-state index in [1.165, 1.54) is 5.56 Å². The van der Waals surface area contributed by atoms with Gasteiger partial charge in [-0.2, -0.15) is 0 Å². The van der Waals surface area contributed by atoms with Gasteiger partial charge in [0.1, 0.15) is 11.6 Å². The summed E-state index contributed by atoms with van der Waals surface area (Å²) in [6, 6.07) is 5.60. The highest BCUT2D eigenvalue weighted by Crippen LogP contribution is 2.30. The lowest BCUT2D eigenvalue weighted by Crippen LogP contribution is -2.43. The van der Waals surface area contributed by atoms with Crippen molar-refractivity contribution in [3.63, 3.8) is 0 Å². The molecule has 3 rings (SSSR count). The summed E-state index contributed by atoms with van der Waals surface area (Å²) in [6.07, 6.45) is 1.78. The van der Waals surface area contributed by atoms with Crippen LogP contribution in [0.15, 0.2) is 22.6 Å². The number of fused-ring (bicyclic) bond motifs is 1. The summed E-state index contributed by atoms with van der Waals surface area (Å²) in [4.78, 5) is 17.6. The average Bonchev–Trinajstić information content (AvgIpc) is 2.89. The highest BCUT2D eigenvalue weighted by molar-refractivity contribution is 5.73. The molecule has 2 heterocycles. The largest absolute Gasteiger partial charge is 0.480 e. The quantitative estimate of drug-likeness (QED) is 0.940. The summed E-state index contributed by atoms with van der Waals surface area (Å²) in [5.41, 5.74) is 2.91. The van der Waals surface area contributed by atoms with Crippen molar-refractivity contribution in [1.29, 1.82) is 0 Å². The number of aliphatic carboxylic acids is 1. The molecule has 0 saturated carbocycles. The molecular weight excluding hydrogens is 268 g/mol. The third kappa shape index (κ3) is 2.78. The molecule has 0 radical (unpaired) electrons. The second-order valence-corrected chi connectivity index (χ2v) is 5.85. The Bertz CT molecular complexity index is 657. The van der Waals surface area contributed by atoms with Crippen LogP contribution in [0.2, 0.25) is 0 Å². The van der Waals surface area contributed by atoms with Crippen molar-refractivity contribution in [2.45, 2.75) is 38.6 Å². The Balaban J connectivity index is 1.72. The Labute approximate surface area is 123 Å². The van der Waals surface area contributed by atoms with Gasteiger partial charge in [0.25, 0.3) is 0 Å². The predicted octanol–water partition coefficient (Wildman–Crippen LogP) is 2.79. The molecule has 5 nitrogen and oxygen atoms in total. The molecule has 112 valence electrons. The van der Waals surface area contributed by atoms with E-state index < -0.39 is 12.0 Å². The van der Waals surface area contributed by atoms with Crippen LogP contribution in [0.5, 0.6) is 0 Å². The number of hydrogen-bond acceptors (Lipinski definition) is 4. The Kier molecular flexibility index (Phi) is 3.68. The molecule has 1 N–H and O–H groups in total. The first-order valence-electron chi connectivity index (χ1n) is 7.38. The lowest BCUT2D eigenvalue weighted by atomic mass is 9.96. The number of benzene rings is 1. The lowest BCUT2D eigenvalue weighted by Gasteiger charge is -2.32. The molecule has 1 atom stereocenters. The fourth-order valence-electron chi connectivity index (χ4n) is 2.92. The Morgan fingerprint density at radius 1 is 1.43 bits per heavy atom. The van der Waals surface area contributed by atoms with Gasteiger partial charge in [0, 0.05) is 5.92 Å². The maximum atomic E-state index is 11.0. The summed E-state index contributed by atoms with van der Waals surface area (Å²) in [5.74, 6) is 0.318. The molecule has 1 unspecified atom stereocenters. The van der Waals surface area contributed by atoms with Crippen molar-refractivity contribution in [3.05, 3.63) is 29.7 Å². The lowest BCUT2D eigenvalue weighted by molar-refractivity contribution is -0.143. The van der Waals surface area contributed by atoms with Crippen LogP contribution in [0.25, 0.3) is 11.1 Å². The molecule has 0 aliphatic carbocycles. The molecule has 2 aromatic rings. The maximum absolute atomic E-state index is 11.0. The van der Waals surface area contributed by atoms with E-state index in [-0.39, 0.29) is 5.92 Å². The summed E-state index contributed by atoms with van der Waals surface area (Å²) in [7, 11) is 0. The number of oxazole rings is 1. The minimum absolute atomic E-state index is 0.287. The molecule has 0 spiro atoms. The van der Waals surface area contributed by atoms with Gasteiger partial charge in [0.15, 0.2) is 11.5 Å². The number of likely N-dealkylation sites (tertiary alicyclic amines) is 1. The molecule has 5 heteroatoms. The van der Waals surface area contributed by atoms with Crippen molar-refractivity contribution in [2.75, 3.05) is 13.1 Å².